The van der Waals surface area contributed by atoms with Gasteiger partial charge in [-0.2, -0.15) is 0 Å². The number of methoxy groups -OCH3 is 1. The lowest BCUT2D eigenvalue weighted by atomic mass is 9.95. The summed E-state index contributed by atoms with van der Waals surface area (Å²) in [6.07, 6.45) is 5.29. The lowest BCUT2D eigenvalue weighted by molar-refractivity contribution is -0.116. The number of carbonyl (C=O) groups is 2. The minimum Gasteiger partial charge on any atom is -0.491 e. The normalized spacial score (nSPS) is 13.2. The highest BCUT2D eigenvalue weighted by molar-refractivity contribution is 7.17. The van der Waals surface area contributed by atoms with Crippen LogP contribution < -0.4 is 21.3 Å². The minimum atomic E-state index is -0.534. The van der Waals surface area contributed by atoms with Crippen molar-refractivity contribution in [1.82, 2.24) is 4.57 Å². The summed E-state index contributed by atoms with van der Waals surface area (Å²) < 4.78 is 6.22. The molecule has 0 unspecified atom stereocenters. The summed E-state index contributed by atoms with van der Waals surface area (Å²) in [7, 11) is 1.40. The largest absolute Gasteiger partial charge is 0.491 e. The molecule has 2 aromatic rings. The Morgan fingerprint density at radius 2 is 2.12 bits per heavy atom. The number of aryl methyl sites for hydroxylation is 1. The number of aromatic nitrogens is 1. The standard InChI is InChI=1S/C17H19N3O4S/c1-24-11-6-4-8-20(17(11)23)9-13(21)19-16-14(15(18)22)10-5-2-3-7-12(10)25-16/h4,6,8H,2-3,5,7,9H2,1H3,(H2,18,22)(H,19,21). The number of ether oxygens (including phenoxy) is 1. The second-order valence-corrected chi connectivity index (χ2v) is 6.94. The highest BCUT2D eigenvalue weighted by Gasteiger charge is 2.25. The first-order valence-electron chi connectivity index (χ1n) is 7.99. The quantitative estimate of drug-likeness (QED) is 0.843. The van der Waals surface area contributed by atoms with Gasteiger partial charge in [-0.25, -0.2) is 0 Å². The first-order chi connectivity index (χ1) is 12.0. The van der Waals surface area contributed by atoms with Crippen LogP contribution in [0.5, 0.6) is 5.75 Å². The van der Waals surface area contributed by atoms with Gasteiger partial charge in [0.1, 0.15) is 11.5 Å². The molecule has 0 saturated carbocycles. The Morgan fingerprint density at radius 3 is 2.84 bits per heavy atom. The van der Waals surface area contributed by atoms with Crippen LogP contribution in [0.2, 0.25) is 0 Å². The molecule has 0 radical (unpaired) electrons. The zero-order valence-electron chi connectivity index (χ0n) is 13.8. The van der Waals surface area contributed by atoms with Gasteiger partial charge in [0, 0.05) is 11.1 Å². The van der Waals surface area contributed by atoms with Gasteiger partial charge in [0.05, 0.1) is 12.7 Å². The van der Waals surface area contributed by atoms with Gasteiger partial charge in [0.2, 0.25) is 5.91 Å². The Kier molecular flexibility index (Phi) is 4.89. The van der Waals surface area contributed by atoms with Crippen LogP contribution in [0.1, 0.15) is 33.6 Å². The molecule has 1 aliphatic rings. The monoisotopic (exact) mass is 361 g/mol. The van der Waals surface area contributed by atoms with E-state index in [1.54, 1.807) is 6.07 Å². The van der Waals surface area contributed by atoms with E-state index in [2.05, 4.69) is 5.32 Å². The van der Waals surface area contributed by atoms with Crippen molar-refractivity contribution in [1.29, 1.82) is 0 Å². The van der Waals surface area contributed by atoms with Crippen LogP contribution in [-0.2, 0) is 24.2 Å². The molecule has 0 saturated heterocycles. The summed E-state index contributed by atoms with van der Waals surface area (Å²) in [5, 5.41) is 3.21. The summed E-state index contributed by atoms with van der Waals surface area (Å²) in [6, 6.07) is 3.17. The van der Waals surface area contributed by atoms with Gasteiger partial charge in [-0.3, -0.25) is 14.4 Å². The number of carbonyl (C=O) groups excluding carboxylic acids is 2. The Labute approximate surface area is 148 Å². The molecular formula is C17H19N3O4S. The third-order valence-corrected chi connectivity index (χ3v) is 5.40. The number of rotatable bonds is 5. The topological polar surface area (TPSA) is 103 Å². The number of fused-ring (bicyclic) bond motifs is 1. The number of nitrogens with zero attached hydrogens (tertiary/aromatic N) is 1. The van der Waals surface area contributed by atoms with E-state index in [-0.39, 0.29) is 17.9 Å². The number of hydrogen-bond acceptors (Lipinski definition) is 5. The van der Waals surface area contributed by atoms with Crippen LogP contribution in [0.25, 0.3) is 0 Å². The second kappa shape index (κ2) is 7.10. The predicted octanol–water partition coefficient (Wildman–Crippen LogP) is 1.53. The van der Waals surface area contributed by atoms with Crippen LogP contribution in [-0.4, -0.2) is 23.5 Å². The first-order valence-corrected chi connectivity index (χ1v) is 8.80. The minimum absolute atomic E-state index is 0.166. The lowest BCUT2D eigenvalue weighted by Gasteiger charge is -2.11. The average Bonchev–Trinajstić information content (AvgIpc) is 2.94. The molecule has 0 spiro atoms. The molecule has 0 aromatic carbocycles. The van der Waals surface area contributed by atoms with Gasteiger partial charge in [0.25, 0.3) is 11.5 Å². The van der Waals surface area contributed by atoms with Crippen LogP contribution in [0, 0.1) is 0 Å². The molecule has 1 aliphatic carbocycles. The van der Waals surface area contributed by atoms with E-state index in [4.69, 9.17) is 10.5 Å². The van der Waals surface area contributed by atoms with Crippen molar-refractivity contribution in [3.63, 3.8) is 0 Å². The second-order valence-electron chi connectivity index (χ2n) is 5.84. The highest BCUT2D eigenvalue weighted by atomic mass is 32.1. The Hall–Kier alpha value is -2.61. The van der Waals surface area contributed by atoms with Gasteiger partial charge in [-0.1, -0.05) is 0 Å². The molecule has 2 aromatic heterocycles. The van der Waals surface area contributed by atoms with Crippen molar-refractivity contribution < 1.29 is 14.3 Å². The highest BCUT2D eigenvalue weighted by Crippen LogP contribution is 2.37. The molecule has 132 valence electrons. The summed E-state index contributed by atoms with van der Waals surface area (Å²) in [5.41, 5.74) is 6.49. The fraction of sp³-hybridized carbons (Fsp3) is 0.353. The van der Waals surface area contributed by atoms with E-state index < -0.39 is 11.8 Å². The fourth-order valence-corrected chi connectivity index (χ4v) is 4.34. The maximum atomic E-state index is 12.4. The molecule has 3 rings (SSSR count). The van der Waals surface area contributed by atoms with Gasteiger partial charge in [-0.15, -0.1) is 11.3 Å². The van der Waals surface area contributed by atoms with E-state index >= 15 is 0 Å². The maximum absolute atomic E-state index is 12.4. The zero-order chi connectivity index (χ0) is 18.0. The van der Waals surface area contributed by atoms with Crippen LogP contribution in [0.15, 0.2) is 23.1 Å². The Morgan fingerprint density at radius 1 is 1.36 bits per heavy atom. The van der Waals surface area contributed by atoms with Gasteiger partial charge < -0.3 is 20.4 Å². The maximum Gasteiger partial charge on any atom is 0.293 e. The molecule has 2 heterocycles. The average molecular weight is 361 g/mol. The number of nitrogens with two attached hydrogens (primary N) is 1. The molecule has 0 bridgehead atoms. The third kappa shape index (κ3) is 3.43. The zero-order valence-corrected chi connectivity index (χ0v) is 14.6. The molecule has 8 heteroatoms. The van der Waals surface area contributed by atoms with Crippen LogP contribution in [0.3, 0.4) is 0 Å². The SMILES string of the molecule is COc1cccn(CC(=O)Nc2sc3c(c2C(N)=O)CCCC3)c1=O. The predicted molar refractivity (Wildman–Crippen MR) is 95.4 cm³/mol. The fourth-order valence-electron chi connectivity index (χ4n) is 3.03. The summed E-state index contributed by atoms with van der Waals surface area (Å²) in [4.78, 5) is 37.4. The summed E-state index contributed by atoms with van der Waals surface area (Å²) in [6.45, 7) is -0.170. The van der Waals surface area contributed by atoms with Crippen molar-refractivity contribution in [2.75, 3.05) is 12.4 Å². The van der Waals surface area contributed by atoms with Crippen LogP contribution in [0.4, 0.5) is 5.00 Å². The number of thiophene rings is 1. The smallest absolute Gasteiger partial charge is 0.293 e. The van der Waals surface area contributed by atoms with Crippen molar-refractivity contribution in [3.8, 4) is 5.75 Å². The number of amides is 2. The van der Waals surface area contributed by atoms with E-state index in [0.717, 1.165) is 36.1 Å². The van der Waals surface area contributed by atoms with Crippen molar-refractivity contribution in [2.24, 2.45) is 5.73 Å². The van der Waals surface area contributed by atoms with E-state index in [1.807, 2.05) is 0 Å². The van der Waals surface area contributed by atoms with Crippen molar-refractivity contribution in [2.45, 2.75) is 32.2 Å². The molecule has 0 atom stereocenters. The van der Waals surface area contributed by atoms with Gasteiger partial charge in [-0.05, 0) is 43.4 Å². The number of hydrogen-bond donors (Lipinski definition) is 2. The van der Waals surface area contributed by atoms with E-state index in [1.165, 1.54) is 35.3 Å². The number of pyridine rings is 1. The molecule has 0 aliphatic heterocycles. The number of nitrogens with one attached hydrogen (secondary N) is 1. The molecule has 2 amide bonds. The van der Waals surface area contributed by atoms with Crippen LogP contribution >= 0.6 is 11.3 Å². The third-order valence-electron chi connectivity index (χ3n) is 4.19. The van der Waals surface area contributed by atoms with E-state index in [0.29, 0.717) is 10.6 Å². The molecular weight excluding hydrogens is 342 g/mol. The summed E-state index contributed by atoms with van der Waals surface area (Å²) in [5.74, 6) is -0.760. The van der Waals surface area contributed by atoms with Gasteiger partial charge in [0.15, 0.2) is 5.75 Å². The van der Waals surface area contributed by atoms with E-state index in [9.17, 15) is 14.4 Å². The Bertz CT molecular complexity index is 885. The molecule has 3 N–H and O–H groups in total. The molecule has 25 heavy (non-hydrogen) atoms. The summed E-state index contributed by atoms with van der Waals surface area (Å²) >= 11 is 1.40. The van der Waals surface area contributed by atoms with Gasteiger partial charge >= 0.3 is 0 Å². The Balaban J connectivity index is 1.83. The first kappa shape index (κ1) is 17.2. The van der Waals surface area contributed by atoms with Crippen molar-refractivity contribution >= 4 is 28.2 Å². The van der Waals surface area contributed by atoms with Crippen molar-refractivity contribution in [3.05, 3.63) is 44.7 Å². The number of primary amides is 1. The molecule has 7 nitrogen and oxygen atoms in total. The number of anilines is 1. The lowest BCUT2D eigenvalue weighted by Crippen LogP contribution is -2.28. The molecule has 0 fully saturated rings.